The summed E-state index contributed by atoms with van der Waals surface area (Å²) < 4.78 is 35.7. The molecule has 0 amide bonds. The van der Waals surface area contributed by atoms with Crippen LogP contribution in [-0.4, -0.2) is 104 Å². The molecule has 0 unspecified atom stereocenters. The molecule has 5 fully saturated rings. The molecule has 8 rings (SSSR count). The van der Waals surface area contributed by atoms with Crippen molar-refractivity contribution in [3.05, 3.63) is 23.3 Å². The predicted octanol–water partition coefficient (Wildman–Crippen LogP) is 4.25. The Morgan fingerprint density at radius 2 is 1.78 bits per heavy atom. The lowest BCUT2D eigenvalue weighted by molar-refractivity contribution is -0.312. The van der Waals surface area contributed by atoms with Gasteiger partial charge < -0.3 is 38.6 Å². The molecule has 1 saturated heterocycles. The summed E-state index contributed by atoms with van der Waals surface area (Å²) >= 11 is 0. The number of methoxy groups -OCH3 is 1. The molecule has 256 valence electrons. The van der Waals surface area contributed by atoms with Crippen molar-refractivity contribution >= 4 is 6.16 Å². The Hall–Kier alpha value is -1.95. The fourth-order valence-electron chi connectivity index (χ4n) is 10.3. The maximum atomic E-state index is 12.9. The second-order valence-corrected chi connectivity index (χ2v) is 15.9. The van der Waals surface area contributed by atoms with Crippen LogP contribution in [0.5, 0.6) is 11.5 Å². The molecule has 2 heterocycles. The van der Waals surface area contributed by atoms with Gasteiger partial charge in [-0.05, 0) is 81.4 Å². The largest absolute Gasteiger partial charge is 0.514 e. The molecular formula is C36H53NO9. The number of fused-ring (bicyclic) bond motifs is 2. The van der Waals surface area contributed by atoms with Crippen LogP contribution >= 0.6 is 0 Å². The Bertz CT molecular complexity index is 1320. The second-order valence-electron chi connectivity index (χ2n) is 15.9. The van der Waals surface area contributed by atoms with E-state index in [0.717, 1.165) is 51.1 Å². The highest BCUT2D eigenvalue weighted by atomic mass is 16.7. The summed E-state index contributed by atoms with van der Waals surface area (Å²) in [5, 5.41) is 21.2. The highest BCUT2D eigenvalue weighted by Gasteiger charge is 2.82. The van der Waals surface area contributed by atoms with E-state index >= 15 is 0 Å². The summed E-state index contributed by atoms with van der Waals surface area (Å²) in [6, 6.07) is 4.36. The van der Waals surface area contributed by atoms with E-state index in [1.807, 2.05) is 13.0 Å². The first kappa shape index (κ1) is 32.6. The van der Waals surface area contributed by atoms with Gasteiger partial charge in [-0.25, -0.2) is 4.79 Å². The number of carbonyl (C=O) groups excluding carboxylic acids is 1. The third-order valence-electron chi connectivity index (χ3n) is 13.1. The third kappa shape index (κ3) is 4.68. The first-order chi connectivity index (χ1) is 21.9. The smallest absolute Gasteiger partial charge is 0.482 e. The maximum absolute atomic E-state index is 12.9. The first-order valence-corrected chi connectivity index (χ1v) is 17.4. The fourth-order valence-corrected chi connectivity index (χ4v) is 10.3. The minimum Gasteiger partial charge on any atom is -0.482 e. The van der Waals surface area contributed by atoms with Crippen molar-refractivity contribution in [2.45, 2.75) is 101 Å². The van der Waals surface area contributed by atoms with E-state index in [9.17, 15) is 9.90 Å². The lowest BCUT2D eigenvalue weighted by Crippen LogP contribution is -2.83. The van der Waals surface area contributed by atoms with Crippen LogP contribution < -0.4 is 9.47 Å². The van der Waals surface area contributed by atoms with Crippen molar-refractivity contribution in [3.63, 3.8) is 0 Å². The molecule has 10 nitrogen and oxygen atoms in total. The van der Waals surface area contributed by atoms with Gasteiger partial charge >= 0.3 is 6.16 Å². The van der Waals surface area contributed by atoms with E-state index in [-0.39, 0.29) is 54.7 Å². The Labute approximate surface area is 273 Å². The lowest BCUT2D eigenvalue weighted by Gasteiger charge is -2.75. The minimum atomic E-state index is -0.998. The molecule has 1 aromatic carbocycles. The average Bonchev–Trinajstić information content (AvgIpc) is 3.76. The van der Waals surface area contributed by atoms with Crippen molar-refractivity contribution in [2.75, 3.05) is 59.8 Å². The Morgan fingerprint density at radius 3 is 2.48 bits per heavy atom. The van der Waals surface area contributed by atoms with Crippen LogP contribution in [0, 0.1) is 22.7 Å². The average molecular weight is 644 g/mol. The molecule has 10 heteroatoms. The number of piperidine rings is 1. The SMILES string of the molecule is CO[C@@]12CC[C@@]3(C[C@@H]1[C@](C)(O)C(C)(C)C)[C@H]1Cc4ccc(OC(=O)OCCOCCOCCO)c5c4[C@@]3(CCN1CC1CC1)[C@H]2O5. The summed E-state index contributed by atoms with van der Waals surface area (Å²) in [7, 11) is 1.80. The van der Waals surface area contributed by atoms with Crippen LogP contribution in [0.2, 0.25) is 0 Å². The number of ether oxygens (including phenoxy) is 6. The van der Waals surface area contributed by atoms with E-state index in [0.29, 0.717) is 30.8 Å². The molecule has 7 atom stereocenters. The zero-order valence-electron chi connectivity index (χ0n) is 28.3. The molecule has 2 aliphatic heterocycles. The van der Waals surface area contributed by atoms with Gasteiger partial charge in [0.25, 0.3) is 0 Å². The van der Waals surface area contributed by atoms with Crippen molar-refractivity contribution in [1.29, 1.82) is 0 Å². The fraction of sp³-hybridized carbons (Fsp3) is 0.806. The van der Waals surface area contributed by atoms with Gasteiger partial charge in [0.15, 0.2) is 11.5 Å². The summed E-state index contributed by atoms with van der Waals surface area (Å²) in [4.78, 5) is 15.7. The highest BCUT2D eigenvalue weighted by molar-refractivity contribution is 5.70. The molecule has 4 bridgehead atoms. The molecule has 1 aromatic rings. The van der Waals surface area contributed by atoms with Gasteiger partial charge in [-0.1, -0.05) is 26.8 Å². The van der Waals surface area contributed by atoms with E-state index in [1.165, 1.54) is 24.0 Å². The predicted molar refractivity (Wildman–Crippen MR) is 169 cm³/mol. The van der Waals surface area contributed by atoms with Crippen LogP contribution in [0.15, 0.2) is 12.1 Å². The number of hydrogen-bond acceptors (Lipinski definition) is 10. The van der Waals surface area contributed by atoms with Crippen molar-refractivity contribution < 1.29 is 43.4 Å². The number of rotatable bonds is 13. The summed E-state index contributed by atoms with van der Waals surface area (Å²) in [5.41, 5.74) is 0.0608. The zero-order chi connectivity index (χ0) is 32.5. The summed E-state index contributed by atoms with van der Waals surface area (Å²) in [5.74, 6) is 1.70. The van der Waals surface area contributed by atoms with Gasteiger partial charge in [-0.3, -0.25) is 4.90 Å². The molecule has 2 spiro atoms. The van der Waals surface area contributed by atoms with Gasteiger partial charge in [-0.2, -0.15) is 0 Å². The van der Waals surface area contributed by atoms with Crippen LogP contribution in [0.4, 0.5) is 4.79 Å². The normalized spacial score (nSPS) is 35.3. The second kappa shape index (κ2) is 11.6. The maximum Gasteiger partial charge on any atom is 0.514 e. The molecule has 0 radical (unpaired) electrons. The van der Waals surface area contributed by atoms with Crippen molar-refractivity contribution in [1.82, 2.24) is 4.90 Å². The van der Waals surface area contributed by atoms with Crippen LogP contribution in [0.25, 0.3) is 0 Å². The Morgan fingerprint density at radius 1 is 1.04 bits per heavy atom. The molecule has 2 N–H and O–H groups in total. The highest BCUT2D eigenvalue weighted by Crippen LogP contribution is 2.78. The molecule has 0 aromatic heterocycles. The van der Waals surface area contributed by atoms with Gasteiger partial charge in [0.1, 0.15) is 18.3 Å². The third-order valence-corrected chi connectivity index (χ3v) is 13.1. The number of benzene rings is 1. The molecule has 46 heavy (non-hydrogen) atoms. The number of nitrogens with zero attached hydrogens (tertiary/aromatic N) is 1. The number of likely N-dealkylation sites (tertiary alicyclic amines) is 1. The van der Waals surface area contributed by atoms with Gasteiger partial charge in [0.2, 0.25) is 0 Å². The molecular weight excluding hydrogens is 590 g/mol. The van der Waals surface area contributed by atoms with Gasteiger partial charge in [-0.15, -0.1) is 0 Å². The first-order valence-electron chi connectivity index (χ1n) is 17.4. The van der Waals surface area contributed by atoms with Crippen LogP contribution in [0.1, 0.15) is 77.3 Å². The lowest BCUT2D eigenvalue weighted by atomic mass is 9.33. The Kier molecular flexibility index (Phi) is 8.21. The molecule has 4 saturated carbocycles. The summed E-state index contributed by atoms with van der Waals surface area (Å²) in [6.07, 6.45) is 6.18. The zero-order valence-corrected chi connectivity index (χ0v) is 28.3. The van der Waals surface area contributed by atoms with Gasteiger partial charge in [0, 0.05) is 42.0 Å². The van der Waals surface area contributed by atoms with E-state index < -0.39 is 17.4 Å². The number of carbonyl (C=O) groups is 1. The quantitative estimate of drug-likeness (QED) is 0.184. The topological polar surface area (TPSA) is 116 Å². The van der Waals surface area contributed by atoms with Crippen molar-refractivity contribution in [2.24, 2.45) is 22.7 Å². The Balaban J connectivity index is 1.21. The molecule has 5 aliphatic carbocycles. The number of hydrogen-bond donors (Lipinski definition) is 2. The van der Waals surface area contributed by atoms with E-state index in [2.05, 4.69) is 31.7 Å². The monoisotopic (exact) mass is 643 g/mol. The molecule has 7 aliphatic rings. The van der Waals surface area contributed by atoms with E-state index in [1.54, 1.807) is 7.11 Å². The van der Waals surface area contributed by atoms with E-state index in [4.69, 9.17) is 33.5 Å². The number of aliphatic hydroxyl groups is 2. The van der Waals surface area contributed by atoms with Crippen molar-refractivity contribution in [3.8, 4) is 11.5 Å². The standard InChI is InChI=1S/C36H53NO9/c1-32(2,3)33(4,40)26-21-34-10-11-36(26,41-5)30-35(34)12-13-37(22-23-6-7-23)27(34)20-24-8-9-25(29(46-30)28(24)35)45-31(39)44-19-18-43-17-16-42-15-14-38/h8-9,23,26-27,30,38,40H,6-7,10-22H2,1-5H3/t26-,27-,30-,33+,34-,35+,36+/m1/s1. The van der Waals surface area contributed by atoms with Crippen LogP contribution in [-0.2, 0) is 30.8 Å². The van der Waals surface area contributed by atoms with Crippen LogP contribution in [0.3, 0.4) is 0 Å². The minimum absolute atomic E-state index is 0.0313. The summed E-state index contributed by atoms with van der Waals surface area (Å²) in [6.45, 7) is 11.8. The number of aliphatic hydroxyl groups excluding tert-OH is 1. The van der Waals surface area contributed by atoms with Gasteiger partial charge in [0.05, 0.1) is 38.6 Å².